The minimum absolute atomic E-state index is 0.244. The number of nitrogens with one attached hydrogen (secondary N) is 1. The first-order valence-electron chi connectivity index (χ1n) is 11.7. The molecule has 3 aliphatic heterocycles. The van der Waals surface area contributed by atoms with Crippen molar-refractivity contribution in [2.24, 2.45) is 5.92 Å². The largest absolute Gasteiger partial charge is 0.316 e. The highest BCUT2D eigenvalue weighted by atomic mass is 35.5. The molecule has 3 aromatic rings. The van der Waals surface area contributed by atoms with Gasteiger partial charge in [0.2, 0.25) is 0 Å². The second-order valence-electron chi connectivity index (χ2n) is 10.2. The molecule has 4 heterocycles. The normalized spacial score (nSPS) is 20.8. The van der Waals surface area contributed by atoms with Crippen molar-refractivity contribution in [1.29, 1.82) is 0 Å². The fourth-order valence-electron chi connectivity index (χ4n) is 5.82. The Morgan fingerprint density at radius 2 is 1.94 bits per heavy atom. The van der Waals surface area contributed by atoms with Gasteiger partial charge in [-0.05, 0) is 80.9 Å². The van der Waals surface area contributed by atoms with E-state index in [2.05, 4.69) is 51.8 Å². The van der Waals surface area contributed by atoms with E-state index in [-0.39, 0.29) is 11.0 Å². The molecule has 0 unspecified atom stereocenters. The van der Waals surface area contributed by atoms with Crippen LogP contribution >= 0.6 is 11.6 Å². The molecular formula is C26H29ClN4O. The summed E-state index contributed by atoms with van der Waals surface area (Å²) in [4.78, 5) is 20.0. The highest BCUT2D eigenvalue weighted by Gasteiger charge is 2.39. The zero-order valence-corrected chi connectivity index (χ0v) is 19.5. The van der Waals surface area contributed by atoms with Crippen molar-refractivity contribution in [3.05, 3.63) is 68.7 Å². The number of halogens is 1. The maximum absolute atomic E-state index is 12.8. The summed E-state index contributed by atoms with van der Waals surface area (Å²) in [6, 6.07) is 12.6. The van der Waals surface area contributed by atoms with E-state index < -0.39 is 0 Å². The van der Waals surface area contributed by atoms with Crippen LogP contribution in [0.3, 0.4) is 0 Å². The van der Waals surface area contributed by atoms with Gasteiger partial charge in [0.15, 0.2) is 0 Å². The van der Waals surface area contributed by atoms with Crippen molar-refractivity contribution in [3.8, 4) is 5.69 Å². The van der Waals surface area contributed by atoms with E-state index in [1.165, 1.54) is 56.7 Å². The lowest BCUT2D eigenvalue weighted by Gasteiger charge is -2.37. The average Bonchev–Trinajstić information content (AvgIpc) is 2.98. The van der Waals surface area contributed by atoms with Crippen molar-refractivity contribution in [1.82, 2.24) is 19.8 Å². The van der Waals surface area contributed by atoms with Gasteiger partial charge in [-0.3, -0.25) is 9.36 Å². The summed E-state index contributed by atoms with van der Waals surface area (Å²) < 4.78 is 2.17. The van der Waals surface area contributed by atoms with Crippen molar-refractivity contribution in [2.75, 3.05) is 32.7 Å². The minimum Gasteiger partial charge on any atom is -0.316 e. The molecule has 166 valence electrons. The van der Waals surface area contributed by atoms with Crippen LogP contribution in [0.5, 0.6) is 0 Å². The van der Waals surface area contributed by atoms with Crippen molar-refractivity contribution < 1.29 is 0 Å². The molecule has 3 aliphatic rings. The van der Waals surface area contributed by atoms with Crippen LogP contribution in [-0.2, 0) is 5.41 Å². The summed E-state index contributed by atoms with van der Waals surface area (Å²) >= 11 is 6.42. The number of rotatable bonds is 3. The van der Waals surface area contributed by atoms with Gasteiger partial charge in [-0.15, -0.1) is 0 Å². The Morgan fingerprint density at radius 1 is 1.16 bits per heavy atom. The number of hydrogen-bond acceptors (Lipinski definition) is 4. The lowest BCUT2D eigenvalue weighted by atomic mass is 9.83. The summed E-state index contributed by atoms with van der Waals surface area (Å²) in [5, 5.41) is 4.35. The zero-order chi connectivity index (χ0) is 22.0. The SMILES string of the molecule is CC1(C)c2ccc(C3CCN(CC4CNC4)CC3)cc2-n2c1nc(=O)c1c(Cl)cccc12. The van der Waals surface area contributed by atoms with E-state index in [1.807, 2.05) is 12.1 Å². The number of likely N-dealkylation sites (tertiary alicyclic amines) is 1. The summed E-state index contributed by atoms with van der Waals surface area (Å²) in [5.41, 5.74) is 4.03. The third kappa shape index (κ3) is 3.06. The van der Waals surface area contributed by atoms with E-state index in [0.29, 0.717) is 16.3 Å². The molecule has 0 spiro atoms. The third-order valence-electron chi connectivity index (χ3n) is 7.80. The van der Waals surface area contributed by atoms with Gasteiger partial charge in [0.25, 0.3) is 5.56 Å². The van der Waals surface area contributed by atoms with Crippen molar-refractivity contribution in [2.45, 2.75) is 38.0 Å². The molecule has 0 radical (unpaired) electrons. The van der Waals surface area contributed by atoms with Crippen LogP contribution in [0.1, 0.15) is 49.6 Å². The van der Waals surface area contributed by atoms with Crippen molar-refractivity contribution >= 4 is 22.5 Å². The lowest BCUT2D eigenvalue weighted by Crippen LogP contribution is -2.49. The van der Waals surface area contributed by atoms with Gasteiger partial charge in [-0.1, -0.05) is 29.8 Å². The maximum atomic E-state index is 12.8. The predicted octanol–water partition coefficient (Wildman–Crippen LogP) is 4.08. The second-order valence-corrected chi connectivity index (χ2v) is 10.6. The van der Waals surface area contributed by atoms with Crippen LogP contribution in [0, 0.1) is 5.92 Å². The van der Waals surface area contributed by atoms with E-state index in [1.54, 1.807) is 6.07 Å². The highest BCUT2D eigenvalue weighted by Crippen LogP contribution is 2.44. The van der Waals surface area contributed by atoms with E-state index in [4.69, 9.17) is 11.6 Å². The first kappa shape index (κ1) is 20.4. The fourth-order valence-corrected chi connectivity index (χ4v) is 6.07. The maximum Gasteiger partial charge on any atom is 0.282 e. The quantitative estimate of drug-likeness (QED) is 0.656. The standard InChI is InChI=1S/C26H29ClN4O/c1-26(2)19-7-6-18(17-8-10-30(11-9-17)15-16-13-28-14-16)12-22(19)31-21-5-3-4-20(27)23(21)24(32)29-25(26)31/h3-7,12,16-17,28H,8-11,13-15H2,1-2H3. The number of hydrogen-bond donors (Lipinski definition) is 1. The first-order valence-corrected chi connectivity index (χ1v) is 12.1. The number of aromatic nitrogens is 2. The fraction of sp³-hybridized carbons (Fsp3) is 0.462. The summed E-state index contributed by atoms with van der Waals surface area (Å²) in [6.45, 7) is 10.2. The zero-order valence-electron chi connectivity index (χ0n) is 18.7. The molecular weight excluding hydrogens is 420 g/mol. The predicted molar refractivity (Wildman–Crippen MR) is 129 cm³/mol. The summed E-state index contributed by atoms with van der Waals surface area (Å²) in [7, 11) is 0. The molecule has 2 saturated heterocycles. The third-order valence-corrected chi connectivity index (χ3v) is 8.12. The van der Waals surface area contributed by atoms with Crippen LogP contribution in [-0.4, -0.2) is 47.2 Å². The van der Waals surface area contributed by atoms with Gasteiger partial charge < -0.3 is 10.2 Å². The molecule has 0 saturated carbocycles. The summed E-state index contributed by atoms with van der Waals surface area (Å²) in [5.74, 6) is 2.21. The number of fused-ring (bicyclic) bond motifs is 5. The molecule has 2 aromatic carbocycles. The van der Waals surface area contributed by atoms with Crippen LogP contribution in [0.4, 0.5) is 0 Å². The smallest absolute Gasteiger partial charge is 0.282 e. The van der Waals surface area contributed by atoms with Crippen molar-refractivity contribution in [3.63, 3.8) is 0 Å². The molecule has 0 aliphatic carbocycles. The van der Waals surface area contributed by atoms with Gasteiger partial charge in [-0.25, -0.2) is 0 Å². The Bertz CT molecular complexity index is 1270. The van der Waals surface area contributed by atoms with Crippen LogP contribution in [0.15, 0.2) is 41.2 Å². The van der Waals surface area contributed by atoms with Crippen LogP contribution < -0.4 is 10.9 Å². The number of benzene rings is 2. The Hall–Kier alpha value is -2.21. The summed E-state index contributed by atoms with van der Waals surface area (Å²) in [6.07, 6.45) is 2.40. The molecule has 0 bridgehead atoms. The Labute approximate surface area is 193 Å². The topological polar surface area (TPSA) is 50.2 Å². The minimum atomic E-state index is -0.330. The lowest BCUT2D eigenvalue weighted by molar-refractivity contribution is 0.158. The average molecular weight is 449 g/mol. The van der Waals surface area contributed by atoms with Gasteiger partial charge in [-0.2, -0.15) is 4.98 Å². The van der Waals surface area contributed by atoms with E-state index in [0.717, 1.165) is 22.9 Å². The molecule has 5 nitrogen and oxygen atoms in total. The molecule has 2 fully saturated rings. The molecule has 6 rings (SSSR count). The molecule has 32 heavy (non-hydrogen) atoms. The Kier molecular flexibility index (Phi) is 4.72. The van der Waals surface area contributed by atoms with E-state index >= 15 is 0 Å². The number of piperidine rings is 1. The second kappa shape index (κ2) is 7.41. The Morgan fingerprint density at radius 3 is 2.66 bits per heavy atom. The molecule has 0 atom stereocenters. The monoisotopic (exact) mass is 448 g/mol. The highest BCUT2D eigenvalue weighted by molar-refractivity contribution is 6.35. The van der Waals surface area contributed by atoms with Gasteiger partial charge >= 0.3 is 0 Å². The molecule has 6 heteroatoms. The van der Waals surface area contributed by atoms with E-state index in [9.17, 15) is 4.79 Å². The van der Waals surface area contributed by atoms with Crippen LogP contribution in [0.25, 0.3) is 16.6 Å². The van der Waals surface area contributed by atoms with Gasteiger partial charge in [0, 0.05) is 19.6 Å². The molecule has 0 amide bonds. The molecule has 1 N–H and O–H groups in total. The first-order chi connectivity index (χ1) is 15.4. The number of nitrogens with zero attached hydrogens (tertiary/aromatic N) is 3. The molecule has 1 aromatic heterocycles. The van der Waals surface area contributed by atoms with Crippen LogP contribution in [0.2, 0.25) is 5.02 Å². The van der Waals surface area contributed by atoms with Gasteiger partial charge in [0.1, 0.15) is 5.82 Å². The van der Waals surface area contributed by atoms with Gasteiger partial charge in [0.05, 0.1) is 27.0 Å². The Balaban J connectivity index is 1.38.